The molecule has 5 nitrogen and oxygen atoms in total. The minimum Gasteiger partial charge on any atom is -0.437 e. The van der Waals surface area contributed by atoms with E-state index in [-0.39, 0.29) is 0 Å². The number of halogens is 1. The van der Waals surface area contributed by atoms with Gasteiger partial charge in [-0.2, -0.15) is 4.98 Å². The van der Waals surface area contributed by atoms with Crippen molar-refractivity contribution in [1.29, 1.82) is 0 Å². The molecule has 1 heterocycles. The molecule has 0 saturated carbocycles. The predicted octanol–water partition coefficient (Wildman–Crippen LogP) is 4.53. The first-order chi connectivity index (χ1) is 11.6. The Balaban J connectivity index is 1.72. The van der Waals surface area contributed by atoms with Crippen molar-refractivity contribution < 1.29 is 4.74 Å². The molecule has 0 fully saturated rings. The maximum absolute atomic E-state index is 6.13. The Kier molecular flexibility index (Phi) is 4.96. The monoisotopic (exact) mass is 384 g/mol. The van der Waals surface area contributed by atoms with E-state index in [9.17, 15) is 0 Å². The van der Waals surface area contributed by atoms with Gasteiger partial charge in [0.25, 0.3) is 0 Å². The van der Waals surface area contributed by atoms with E-state index in [1.54, 1.807) is 0 Å². The molecule has 24 heavy (non-hydrogen) atoms. The number of anilines is 2. The molecule has 3 aromatic rings. The SMILES string of the molecule is Cc1ccc(CNc2ncnc(Oc3ccc(Br)cc3)c2N)cc1. The van der Waals surface area contributed by atoms with Gasteiger partial charge in [0.15, 0.2) is 5.82 Å². The summed E-state index contributed by atoms with van der Waals surface area (Å²) >= 11 is 3.39. The fourth-order valence-electron chi connectivity index (χ4n) is 2.11. The highest BCUT2D eigenvalue weighted by atomic mass is 79.9. The Morgan fingerprint density at radius 3 is 2.46 bits per heavy atom. The quantitative estimate of drug-likeness (QED) is 0.675. The Hall–Kier alpha value is -2.60. The zero-order valence-corrected chi connectivity index (χ0v) is 14.7. The van der Waals surface area contributed by atoms with Gasteiger partial charge < -0.3 is 15.8 Å². The summed E-state index contributed by atoms with van der Waals surface area (Å²) in [6.45, 7) is 2.69. The van der Waals surface area contributed by atoms with Crippen LogP contribution in [0.1, 0.15) is 11.1 Å². The van der Waals surface area contributed by atoms with Crippen molar-refractivity contribution in [3.05, 3.63) is 70.5 Å². The van der Waals surface area contributed by atoms with Crippen LogP contribution in [-0.2, 0) is 6.54 Å². The van der Waals surface area contributed by atoms with Gasteiger partial charge in [-0.05, 0) is 36.8 Å². The standard InChI is InChI=1S/C18H17BrN4O/c1-12-2-4-13(5-3-12)10-21-17-16(20)18(23-11-22-17)24-15-8-6-14(19)7-9-15/h2-9,11H,10,20H2,1H3,(H,21,22,23). The molecule has 0 radical (unpaired) electrons. The summed E-state index contributed by atoms with van der Waals surface area (Å²) in [5.41, 5.74) is 8.88. The lowest BCUT2D eigenvalue weighted by atomic mass is 10.1. The maximum Gasteiger partial charge on any atom is 0.248 e. The van der Waals surface area contributed by atoms with Crippen molar-refractivity contribution in [2.45, 2.75) is 13.5 Å². The average molecular weight is 385 g/mol. The fraction of sp³-hybridized carbons (Fsp3) is 0.111. The lowest BCUT2D eigenvalue weighted by Crippen LogP contribution is -2.06. The minimum atomic E-state index is 0.332. The Bertz CT molecular complexity index is 819. The summed E-state index contributed by atoms with van der Waals surface area (Å²) < 4.78 is 6.71. The van der Waals surface area contributed by atoms with Crippen LogP contribution in [0.3, 0.4) is 0 Å². The Labute approximate surface area is 149 Å². The number of nitrogens with zero attached hydrogens (tertiary/aromatic N) is 2. The Morgan fingerprint density at radius 1 is 1.04 bits per heavy atom. The molecule has 0 aliphatic heterocycles. The summed E-state index contributed by atoms with van der Waals surface area (Å²) in [5, 5.41) is 3.22. The summed E-state index contributed by atoms with van der Waals surface area (Å²) in [4.78, 5) is 8.31. The molecule has 3 N–H and O–H groups in total. The normalized spacial score (nSPS) is 10.4. The van der Waals surface area contributed by atoms with Crippen LogP contribution in [0.2, 0.25) is 0 Å². The van der Waals surface area contributed by atoms with Gasteiger partial charge in [0.1, 0.15) is 17.8 Å². The van der Waals surface area contributed by atoms with Crippen LogP contribution in [0.25, 0.3) is 0 Å². The van der Waals surface area contributed by atoms with Crippen molar-refractivity contribution in [3.8, 4) is 11.6 Å². The number of nitrogens with one attached hydrogen (secondary N) is 1. The van der Waals surface area contributed by atoms with Gasteiger partial charge in [-0.3, -0.25) is 0 Å². The fourth-order valence-corrected chi connectivity index (χ4v) is 2.37. The summed E-state index contributed by atoms with van der Waals surface area (Å²) in [7, 11) is 0. The van der Waals surface area contributed by atoms with E-state index in [2.05, 4.69) is 62.4 Å². The molecule has 0 atom stereocenters. The molecular weight excluding hydrogens is 368 g/mol. The number of nitrogens with two attached hydrogens (primary N) is 1. The van der Waals surface area contributed by atoms with Crippen LogP contribution in [0.5, 0.6) is 11.6 Å². The van der Waals surface area contributed by atoms with E-state index >= 15 is 0 Å². The highest BCUT2D eigenvalue weighted by Crippen LogP contribution is 2.30. The first kappa shape index (κ1) is 16.3. The van der Waals surface area contributed by atoms with Crippen molar-refractivity contribution in [2.75, 3.05) is 11.1 Å². The molecule has 0 bridgehead atoms. The van der Waals surface area contributed by atoms with Crippen LogP contribution < -0.4 is 15.8 Å². The zero-order valence-electron chi connectivity index (χ0n) is 13.2. The molecule has 0 amide bonds. The molecule has 0 spiro atoms. The smallest absolute Gasteiger partial charge is 0.248 e. The molecular formula is C18H17BrN4O. The van der Waals surface area contributed by atoms with E-state index in [0.717, 1.165) is 10.0 Å². The highest BCUT2D eigenvalue weighted by molar-refractivity contribution is 9.10. The second-order valence-electron chi connectivity index (χ2n) is 5.34. The van der Waals surface area contributed by atoms with Crippen molar-refractivity contribution in [2.24, 2.45) is 0 Å². The number of ether oxygens (including phenoxy) is 1. The van der Waals surface area contributed by atoms with E-state index < -0.39 is 0 Å². The Morgan fingerprint density at radius 2 is 1.75 bits per heavy atom. The number of hydrogen-bond acceptors (Lipinski definition) is 5. The van der Waals surface area contributed by atoms with Gasteiger partial charge >= 0.3 is 0 Å². The maximum atomic E-state index is 6.13. The van der Waals surface area contributed by atoms with Crippen LogP contribution in [0, 0.1) is 6.92 Å². The van der Waals surface area contributed by atoms with Crippen LogP contribution in [0.4, 0.5) is 11.5 Å². The van der Waals surface area contributed by atoms with E-state index in [0.29, 0.717) is 29.7 Å². The minimum absolute atomic E-state index is 0.332. The molecule has 0 unspecified atom stereocenters. The van der Waals surface area contributed by atoms with E-state index in [1.165, 1.54) is 11.9 Å². The number of rotatable bonds is 5. The van der Waals surface area contributed by atoms with Crippen molar-refractivity contribution in [3.63, 3.8) is 0 Å². The van der Waals surface area contributed by atoms with Crippen LogP contribution >= 0.6 is 15.9 Å². The highest BCUT2D eigenvalue weighted by Gasteiger charge is 2.10. The molecule has 122 valence electrons. The van der Waals surface area contributed by atoms with Gasteiger partial charge in [0.2, 0.25) is 5.88 Å². The third-order valence-electron chi connectivity index (χ3n) is 3.46. The van der Waals surface area contributed by atoms with Gasteiger partial charge in [0.05, 0.1) is 0 Å². The lowest BCUT2D eigenvalue weighted by molar-refractivity contribution is 0.464. The largest absolute Gasteiger partial charge is 0.437 e. The van der Waals surface area contributed by atoms with E-state index in [1.807, 2.05) is 24.3 Å². The number of aryl methyl sites for hydroxylation is 1. The van der Waals surface area contributed by atoms with Gasteiger partial charge in [-0.25, -0.2) is 4.98 Å². The molecule has 0 aliphatic rings. The first-order valence-corrected chi connectivity index (χ1v) is 8.24. The second kappa shape index (κ2) is 7.31. The first-order valence-electron chi connectivity index (χ1n) is 7.45. The number of aromatic nitrogens is 2. The topological polar surface area (TPSA) is 73.1 Å². The molecule has 1 aromatic heterocycles. The number of nitrogen functional groups attached to an aromatic ring is 1. The summed E-state index contributed by atoms with van der Waals surface area (Å²) in [6, 6.07) is 15.7. The average Bonchev–Trinajstić information content (AvgIpc) is 2.59. The van der Waals surface area contributed by atoms with Crippen LogP contribution in [0.15, 0.2) is 59.3 Å². The van der Waals surface area contributed by atoms with Crippen LogP contribution in [-0.4, -0.2) is 9.97 Å². The molecule has 0 aliphatic carbocycles. The molecule has 6 heteroatoms. The predicted molar refractivity (Wildman–Crippen MR) is 99.2 cm³/mol. The zero-order chi connectivity index (χ0) is 16.9. The van der Waals surface area contributed by atoms with Crippen molar-refractivity contribution >= 4 is 27.4 Å². The number of benzene rings is 2. The molecule has 0 saturated heterocycles. The van der Waals surface area contributed by atoms with E-state index in [4.69, 9.17) is 10.5 Å². The third-order valence-corrected chi connectivity index (χ3v) is 3.98. The summed E-state index contributed by atoms with van der Waals surface area (Å²) in [6.07, 6.45) is 1.43. The third kappa shape index (κ3) is 4.02. The second-order valence-corrected chi connectivity index (χ2v) is 6.25. The summed E-state index contributed by atoms with van der Waals surface area (Å²) in [5.74, 6) is 1.55. The molecule has 2 aromatic carbocycles. The van der Waals surface area contributed by atoms with Crippen molar-refractivity contribution in [1.82, 2.24) is 9.97 Å². The van der Waals surface area contributed by atoms with Gasteiger partial charge in [-0.15, -0.1) is 0 Å². The molecule has 3 rings (SSSR count). The van der Waals surface area contributed by atoms with Gasteiger partial charge in [0, 0.05) is 11.0 Å². The number of hydrogen-bond donors (Lipinski definition) is 2. The van der Waals surface area contributed by atoms with Gasteiger partial charge in [-0.1, -0.05) is 45.8 Å². The lowest BCUT2D eigenvalue weighted by Gasteiger charge is -2.12.